The average Bonchev–Trinajstić information content (AvgIpc) is 2.65. The third kappa shape index (κ3) is 2.68. The molecule has 0 fully saturated rings. The number of hydrogen-bond donors (Lipinski definition) is 2. The Balaban J connectivity index is 2.22. The molecule has 2 aromatic rings. The zero-order chi connectivity index (χ0) is 14.0. The fourth-order valence-corrected chi connectivity index (χ4v) is 1.86. The van der Waals surface area contributed by atoms with Crippen LogP contribution in [0, 0.1) is 5.92 Å². The van der Waals surface area contributed by atoms with Crippen LogP contribution in [-0.2, 0) is 11.8 Å². The highest BCUT2D eigenvalue weighted by Crippen LogP contribution is 2.18. The number of fused-ring (bicyclic) bond motifs is 1. The van der Waals surface area contributed by atoms with Gasteiger partial charge in [0.1, 0.15) is 0 Å². The van der Waals surface area contributed by atoms with Crippen LogP contribution in [0.15, 0.2) is 27.4 Å². The van der Waals surface area contributed by atoms with Gasteiger partial charge >= 0.3 is 5.76 Å². The minimum atomic E-state index is -0.421. The summed E-state index contributed by atoms with van der Waals surface area (Å²) >= 11 is 0. The summed E-state index contributed by atoms with van der Waals surface area (Å²) in [5.41, 5.74) is 7.18. The quantitative estimate of drug-likeness (QED) is 0.862. The van der Waals surface area contributed by atoms with Gasteiger partial charge in [-0.25, -0.2) is 4.79 Å². The van der Waals surface area contributed by atoms with Crippen LogP contribution >= 0.6 is 0 Å². The number of carbonyl (C=O) groups is 1. The van der Waals surface area contributed by atoms with Crippen LogP contribution in [0.5, 0.6) is 0 Å². The molecule has 0 saturated heterocycles. The number of oxazole rings is 1. The van der Waals surface area contributed by atoms with Crippen LogP contribution < -0.4 is 16.8 Å². The fraction of sp³-hybridized carbons (Fsp3) is 0.385. The molecule has 1 aromatic carbocycles. The first-order valence-electron chi connectivity index (χ1n) is 6.13. The van der Waals surface area contributed by atoms with Crippen LogP contribution in [0.2, 0.25) is 0 Å². The van der Waals surface area contributed by atoms with Crippen LogP contribution in [0.3, 0.4) is 0 Å². The highest BCUT2D eigenvalue weighted by Gasteiger charge is 2.13. The molecule has 1 amide bonds. The molecular weight excluding hydrogens is 246 g/mol. The van der Waals surface area contributed by atoms with Gasteiger partial charge in [-0.05, 0) is 25.1 Å². The first-order chi connectivity index (χ1) is 9.02. The molecule has 2 rings (SSSR count). The molecule has 0 bridgehead atoms. The lowest BCUT2D eigenvalue weighted by Crippen LogP contribution is -2.22. The summed E-state index contributed by atoms with van der Waals surface area (Å²) in [5.74, 6) is -0.665. The van der Waals surface area contributed by atoms with Gasteiger partial charge in [0.2, 0.25) is 5.91 Å². The van der Waals surface area contributed by atoms with Crippen molar-refractivity contribution >= 4 is 22.7 Å². The van der Waals surface area contributed by atoms with Crippen molar-refractivity contribution in [3.05, 3.63) is 28.7 Å². The molecule has 0 aliphatic rings. The van der Waals surface area contributed by atoms with Crippen LogP contribution in [0.1, 0.15) is 13.3 Å². The van der Waals surface area contributed by atoms with Gasteiger partial charge < -0.3 is 15.5 Å². The second-order valence-corrected chi connectivity index (χ2v) is 4.58. The lowest BCUT2D eigenvalue weighted by molar-refractivity contribution is -0.119. The van der Waals surface area contributed by atoms with Crippen LogP contribution in [0.4, 0.5) is 5.69 Å². The highest BCUT2D eigenvalue weighted by atomic mass is 16.4. The molecule has 6 nitrogen and oxygen atoms in total. The Morgan fingerprint density at radius 2 is 2.26 bits per heavy atom. The number of aryl methyl sites for hydroxylation is 1. The maximum absolute atomic E-state index is 11.8. The van der Waals surface area contributed by atoms with E-state index in [1.54, 1.807) is 25.2 Å². The molecule has 0 aliphatic carbocycles. The number of carbonyl (C=O) groups excluding carboxylic acids is 1. The monoisotopic (exact) mass is 263 g/mol. The van der Waals surface area contributed by atoms with Crippen molar-refractivity contribution < 1.29 is 9.21 Å². The molecule has 1 aromatic heterocycles. The topological polar surface area (TPSA) is 90.3 Å². The number of nitrogens with one attached hydrogen (secondary N) is 1. The Morgan fingerprint density at radius 3 is 2.95 bits per heavy atom. The number of amides is 1. The van der Waals surface area contributed by atoms with E-state index in [1.165, 1.54) is 4.57 Å². The number of anilines is 1. The molecule has 1 atom stereocenters. The van der Waals surface area contributed by atoms with E-state index in [2.05, 4.69) is 5.32 Å². The number of nitrogens with zero attached hydrogens (tertiary/aromatic N) is 1. The fourth-order valence-electron chi connectivity index (χ4n) is 1.86. The first kappa shape index (κ1) is 13.4. The van der Waals surface area contributed by atoms with E-state index >= 15 is 0 Å². The Labute approximate surface area is 110 Å². The van der Waals surface area contributed by atoms with Gasteiger partial charge in [0.05, 0.1) is 5.52 Å². The average molecular weight is 263 g/mol. The number of benzene rings is 1. The van der Waals surface area contributed by atoms with Gasteiger partial charge in [0.25, 0.3) is 0 Å². The molecule has 19 heavy (non-hydrogen) atoms. The Hall–Kier alpha value is -2.08. The van der Waals surface area contributed by atoms with Crippen molar-refractivity contribution in [3.63, 3.8) is 0 Å². The van der Waals surface area contributed by atoms with Crippen molar-refractivity contribution in [2.45, 2.75) is 13.3 Å². The third-order valence-corrected chi connectivity index (χ3v) is 3.11. The molecule has 0 saturated carbocycles. The standard InChI is InChI=1S/C13H17N3O3/c1-8(5-6-14)12(17)15-9-3-4-10-11(7-9)19-13(18)16(10)2/h3-4,7-8H,5-6,14H2,1-2H3,(H,15,17). The number of nitrogens with two attached hydrogens (primary N) is 1. The molecule has 102 valence electrons. The van der Waals surface area contributed by atoms with Gasteiger partial charge in [-0.15, -0.1) is 0 Å². The highest BCUT2D eigenvalue weighted by molar-refractivity contribution is 5.94. The van der Waals surface area contributed by atoms with Crippen LogP contribution in [-0.4, -0.2) is 17.0 Å². The molecule has 1 unspecified atom stereocenters. The van der Waals surface area contributed by atoms with E-state index in [1.807, 2.05) is 6.92 Å². The first-order valence-corrected chi connectivity index (χ1v) is 6.13. The lowest BCUT2D eigenvalue weighted by Gasteiger charge is -2.10. The predicted octanol–water partition coefficient (Wildman–Crippen LogP) is 1.05. The maximum atomic E-state index is 11.8. The number of aromatic nitrogens is 1. The van der Waals surface area contributed by atoms with Gasteiger partial charge in [0.15, 0.2) is 5.58 Å². The van der Waals surface area contributed by atoms with Crippen molar-refractivity contribution in [1.82, 2.24) is 4.57 Å². The Bertz CT molecular complexity index is 657. The van der Waals surface area contributed by atoms with Gasteiger partial charge in [-0.3, -0.25) is 9.36 Å². The molecular formula is C13H17N3O3. The van der Waals surface area contributed by atoms with Crippen molar-refractivity contribution in [1.29, 1.82) is 0 Å². The van der Waals surface area contributed by atoms with Crippen molar-refractivity contribution in [3.8, 4) is 0 Å². The Kier molecular flexibility index (Phi) is 3.71. The summed E-state index contributed by atoms with van der Waals surface area (Å²) in [6.07, 6.45) is 0.633. The van der Waals surface area contributed by atoms with E-state index in [-0.39, 0.29) is 11.8 Å². The summed E-state index contributed by atoms with van der Waals surface area (Å²) in [6.45, 7) is 2.30. The molecule has 3 N–H and O–H groups in total. The molecule has 0 spiro atoms. The zero-order valence-corrected chi connectivity index (χ0v) is 11.0. The number of hydrogen-bond acceptors (Lipinski definition) is 4. The van der Waals surface area contributed by atoms with Crippen molar-refractivity contribution in [2.24, 2.45) is 18.7 Å². The minimum absolute atomic E-state index is 0.0944. The van der Waals surface area contributed by atoms with Gasteiger partial charge in [0, 0.05) is 24.7 Å². The molecule has 0 aliphatic heterocycles. The van der Waals surface area contributed by atoms with Crippen molar-refractivity contribution in [2.75, 3.05) is 11.9 Å². The predicted molar refractivity (Wildman–Crippen MR) is 72.9 cm³/mol. The summed E-state index contributed by atoms with van der Waals surface area (Å²) in [4.78, 5) is 23.2. The van der Waals surface area contributed by atoms with Crippen LogP contribution in [0.25, 0.3) is 11.1 Å². The second kappa shape index (κ2) is 5.27. The zero-order valence-electron chi connectivity index (χ0n) is 11.0. The van der Waals surface area contributed by atoms with Gasteiger partial charge in [-0.2, -0.15) is 0 Å². The number of rotatable bonds is 4. The van der Waals surface area contributed by atoms with E-state index in [0.717, 1.165) is 0 Å². The van der Waals surface area contributed by atoms with E-state index in [0.29, 0.717) is 29.8 Å². The Morgan fingerprint density at radius 1 is 1.53 bits per heavy atom. The van der Waals surface area contributed by atoms with E-state index in [4.69, 9.17) is 10.2 Å². The summed E-state index contributed by atoms with van der Waals surface area (Å²) in [5, 5.41) is 2.78. The molecule has 6 heteroatoms. The largest absolute Gasteiger partial charge is 0.419 e. The lowest BCUT2D eigenvalue weighted by atomic mass is 10.1. The summed E-state index contributed by atoms with van der Waals surface area (Å²) in [7, 11) is 1.63. The van der Waals surface area contributed by atoms with Gasteiger partial charge in [-0.1, -0.05) is 6.92 Å². The second-order valence-electron chi connectivity index (χ2n) is 4.58. The maximum Gasteiger partial charge on any atom is 0.419 e. The van der Waals surface area contributed by atoms with E-state index < -0.39 is 5.76 Å². The molecule has 1 heterocycles. The normalized spacial score (nSPS) is 12.6. The summed E-state index contributed by atoms with van der Waals surface area (Å²) in [6, 6.07) is 5.12. The summed E-state index contributed by atoms with van der Waals surface area (Å²) < 4.78 is 6.48. The smallest absolute Gasteiger partial charge is 0.408 e. The SMILES string of the molecule is CC(CCN)C(=O)Nc1ccc2c(c1)oc(=O)n2C. The molecule has 0 radical (unpaired) electrons. The van der Waals surface area contributed by atoms with E-state index in [9.17, 15) is 9.59 Å². The minimum Gasteiger partial charge on any atom is -0.408 e. The third-order valence-electron chi connectivity index (χ3n) is 3.11.